The molecule has 8 nitrogen and oxygen atoms in total. The zero-order chi connectivity index (χ0) is 23.5. The second-order valence-corrected chi connectivity index (χ2v) is 8.33. The average Bonchev–Trinajstić information content (AvgIpc) is 3.36. The number of halogens is 4. The molecule has 32 heavy (non-hydrogen) atoms. The van der Waals surface area contributed by atoms with E-state index in [0.29, 0.717) is 11.6 Å². The minimum Gasteiger partial charge on any atom is -0.461 e. The Bertz CT molecular complexity index is 1120. The number of nitrogens with one attached hydrogen (secondary N) is 1. The minimum atomic E-state index is -4.70. The highest BCUT2D eigenvalue weighted by Crippen LogP contribution is 2.37. The smallest absolute Gasteiger partial charge is 0.418 e. The lowest BCUT2D eigenvalue weighted by Crippen LogP contribution is -2.25. The van der Waals surface area contributed by atoms with Crippen molar-refractivity contribution in [3.8, 4) is 11.6 Å². The maximum absolute atomic E-state index is 13.3. The molecular formula is C19H17ClF3N5O3S. The Labute approximate surface area is 189 Å². The normalized spacial score (nSPS) is 12.5. The molecule has 0 aliphatic carbocycles. The molecule has 2 amide bonds. The van der Waals surface area contributed by atoms with Gasteiger partial charge in [-0.25, -0.2) is 0 Å². The number of rotatable bonds is 8. The van der Waals surface area contributed by atoms with Crippen LogP contribution >= 0.6 is 23.4 Å². The monoisotopic (exact) mass is 487 g/mol. The van der Waals surface area contributed by atoms with Crippen LogP contribution in [-0.4, -0.2) is 31.8 Å². The Kier molecular flexibility index (Phi) is 7.14. The number of nitrogens with zero attached hydrogens (tertiary/aromatic N) is 3. The van der Waals surface area contributed by atoms with Gasteiger partial charge in [0.2, 0.25) is 11.8 Å². The van der Waals surface area contributed by atoms with Crippen molar-refractivity contribution in [2.24, 2.45) is 5.73 Å². The van der Waals surface area contributed by atoms with Crippen molar-refractivity contribution in [3.05, 3.63) is 47.2 Å². The first-order valence-electron chi connectivity index (χ1n) is 9.16. The Morgan fingerprint density at radius 1 is 1.31 bits per heavy atom. The van der Waals surface area contributed by atoms with E-state index >= 15 is 0 Å². The number of amides is 2. The van der Waals surface area contributed by atoms with E-state index in [4.69, 9.17) is 21.8 Å². The first kappa shape index (κ1) is 23.7. The van der Waals surface area contributed by atoms with Crippen molar-refractivity contribution in [3.63, 3.8) is 0 Å². The summed E-state index contributed by atoms with van der Waals surface area (Å²) < 4.78 is 46.7. The number of aromatic nitrogens is 3. The molecule has 0 saturated heterocycles. The van der Waals surface area contributed by atoms with Gasteiger partial charge in [-0.3, -0.25) is 14.2 Å². The van der Waals surface area contributed by atoms with Gasteiger partial charge in [0.25, 0.3) is 0 Å². The Hall–Kier alpha value is -2.99. The van der Waals surface area contributed by atoms with Crippen LogP contribution in [0.15, 0.2) is 46.2 Å². The lowest BCUT2D eigenvalue weighted by molar-refractivity contribution is -0.137. The predicted octanol–water partition coefficient (Wildman–Crippen LogP) is 4.21. The van der Waals surface area contributed by atoms with E-state index in [-0.39, 0.29) is 23.1 Å². The van der Waals surface area contributed by atoms with Gasteiger partial charge in [-0.05, 0) is 37.3 Å². The fourth-order valence-corrected chi connectivity index (χ4v) is 3.74. The van der Waals surface area contributed by atoms with Crippen molar-refractivity contribution in [1.82, 2.24) is 14.8 Å². The van der Waals surface area contributed by atoms with Gasteiger partial charge in [0.1, 0.15) is 0 Å². The number of benzene rings is 1. The summed E-state index contributed by atoms with van der Waals surface area (Å²) >= 11 is 6.63. The number of anilines is 1. The van der Waals surface area contributed by atoms with Gasteiger partial charge in [0.05, 0.1) is 22.8 Å². The summed E-state index contributed by atoms with van der Waals surface area (Å²) in [4.78, 5) is 23.9. The van der Waals surface area contributed by atoms with Gasteiger partial charge in [0, 0.05) is 18.0 Å². The van der Waals surface area contributed by atoms with E-state index in [1.165, 1.54) is 19.3 Å². The number of carbonyl (C=O) groups is 2. The van der Waals surface area contributed by atoms with Crippen molar-refractivity contribution in [2.75, 3.05) is 5.32 Å². The standard InChI is InChI=1S/C19H17ClF3N5O3S/c1-10(17(30)25-13-5-4-11(20)9-12(13)19(21,22)23)32-18-27-26-16(14-3-2-8-31-14)28(18)7-6-15(24)29/h2-5,8-10H,6-7H2,1H3,(H2,24,29)(H,25,30)/t10-/m0/s1. The number of furan rings is 1. The zero-order valence-corrected chi connectivity index (χ0v) is 18.1. The van der Waals surface area contributed by atoms with Gasteiger partial charge in [-0.1, -0.05) is 23.4 Å². The summed E-state index contributed by atoms with van der Waals surface area (Å²) in [5.41, 5.74) is 3.77. The molecule has 0 saturated carbocycles. The fourth-order valence-electron chi connectivity index (χ4n) is 2.69. The zero-order valence-electron chi connectivity index (χ0n) is 16.5. The molecular weight excluding hydrogens is 471 g/mol. The highest BCUT2D eigenvalue weighted by Gasteiger charge is 2.34. The SMILES string of the molecule is C[C@H](Sc1nnc(-c2ccco2)n1CCC(N)=O)C(=O)Nc1ccc(Cl)cc1C(F)(F)F. The van der Waals surface area contributed by atoms with Crippen molar-refractivity contribution >= 4 is 40.9 Å². The predicted molar refractivity (Wildman–Crippen MR) is 112 cm³/mol. The molecule has 0 unspecified atom stereocenters. The Balaban J connectivity index is 1.81. The topological polar surface area (TPSA) is 116 Å². The number of alkyl halides is 3. The molecule has 0 aliphatic heterocycles. The van der Waals surface area contributed by atoms with Gasteiger partial charge < -0.3 is 15.5 Å². The lowest BCUT2D eigenvalue weighted by atomic mass is 10.1. The molecule has 0 bridgehead atoms. The summed E-state index contributed by atoms with van der Waals surface area (Å²) in [6.45, 7) is 1.63. The maximum atomic E-state index is 13.3. The van der Waals surface area contributed by atoms with Gasteiger partial charge >= 0.3 is 6.18 Å². The summed E-state index contributed by atoms with van der Waals surface area (Å²) in [6.07, 6.45) is -3.27. The third-order valence-electron chi connectivity index (χ3n) is 4.24. The van der Waals surface area contributed by atoms with E-state index < -0.39 is 34.5 Å². The molecule has 3 aromatic rings. The quantitative estimate of drug-likeness (QED) is 0.460. The van der Waals surface area contributed by atoms with Crippen LogP contribution in [0.25, 0.3) is 11.6 Å². The lowest BCUT2D eigenvalue weighted by Gasteiger charge is -2.17. The van der Waals surface area contributed by atoms with Crippen LogP contribution in [0, 0.1) is 0 Å². The van der Waals surface area contributed by atoms with E-state index in [0.717, 1.165) is 23.9 Å². The molecule has 2 aromatic heterocycles. The van der Waals surface area contributed by atoms with Crippen LogP contribution in [-0.2, 0) is 22.3 Å². The van der Waals surface area contributed by atoms with Crippen LogP contribution < -0.4 is 11.1 Å². The molecule has 3 rings (SSSR count). The molecule has 0 fully saturated rings. The number of hydrogen-bond donors (Lipinski definition) is 2. The molecule has 1 atom stereocenters. The molecule has 170 valence electrons. The molecule has 1 aromatic carbocycles. The van der Waals surface area contributed by atoms with Crippen LogP contribution in [0.1, 0.15) is 18.9 Å². The molecule has 0 radical (unpaired) electrons. The summed E-state index contributed by atoms with van der Waals surface area (Å²) in [5, 5.41) is 9.67. The number of hydrogen-bond acceptors (Lipinski definition) is 6. The first-order valence-corrected chi connectivity index (χ1v) is 10.4. The van der Waals surface area contributed by atoms with Crippen LogP contribution in [0.3, 0.4) is 0 Å². The van der Waals surface area contributed by atoms with Crippen molar-refractivity contribution < 1.29 is 27.2 Å². The van der Waals surface area contributed by atoms with E-state index in [9.17, 15) is 22.8 Å². The number of carbonyl (C=O) groups excluding carboxylic acids is 2. The second-order valence-electron chi connectivity index (χ2n) is 6.59. The summed E-state index contributed by atoms with van der Waals surface area (Å²) in [7, 11) is 0. The highest BCUT2D eigenvalue weighted by atomic mass is 35.5. The van der Waals surface area contributed by atoms with Crippen molar-refractivity contribution in [2.45, 2.75) is 36.5 Å². The molecule has 0 spiro atoms. The third-order valence-corrected chi connectivity index (χ3v) is 5.55. The molecule has 3 N–H and O–H groups in total. The number of thioether (sulfide) groups is 1. The third kappa shape index (κ3) is 5.62. The van der Waals surface area contributed by atoms with E-state index in [1.807, 2.05) is 0 Å². The van der Waals surface area contributed by atoms with Crippen LogP contribution in [0.5, 0.6) is 0 Å². The van der Waals surface area contributed by atoms with E-state index in [2.05, 4.69) is 15.5 Å². The molecule has 13 heteroatoms. The van der Waals surface area contributed by atoms with Crippen LogP contribution in [0.4, 0.5) is 18.9 Å². The largest absolute Gasteiger partial charge is 0.461 e. The van der Waals surface area contributed by atoms with E-state index in [1.54, 1.807) is 16.7 Å². The van der Waals surface area contributed by atoms with Crippen LogP contribution in [0.2, 0.25) is 5.02 Å². The van der Waals surface area contributed by atoms with Crippen molar-refractivity contribution in [1.29, 1.82) is 0 Å². The molecule has 0 aliphatic rings. The Morgan fingerprint density at radius 3 is 2.69 bits per heavy atom. The van der Waals surface area contributed by atoms with Gasteiger partial charge in [-0.15, -0.1) is 10.2 Å². The number of primary amides is 1. The number of nitrogens with two attached hydrogens (primary N) is 1. The van der Waals surface area contributed by atoms with Gasteiger partial charge in [0.15, 0.2) is 16.7 Å². The highest BCUT2D eigenvalue weighted by molar-refractivity contribution is 8.00. The first-order chi connectivity index (χ1) is 15.1. The summed E-state index contributed by atoms with van der Waals surface area (Å²) in [6, 6.07) is 6.38. The maximum Gasteiger partial charge on any atom is 0.418 e. The average molecular weight is 488 g/mol. The minimum absolute atomic E-state index is 0.0143. The van der Waals surface area contributed by atoms with Gasteiger partial charge in [-0.2, -0.15) is 13.2 Å². The summed E-state index contributed by atoms with van der Waals surface area (Å²) in [5.74, 6) is -0.523. The Morgan fingerprint density at radius 2 is 2.06 bits per heavy atom. The fraction of sp³-hybridized carbons (Fsp3) is 0.263. The molecule has 2 heterocycles. The second kappa shape index (κ2) is 9.65.